The van der Waals surface area contributed by atoms with Crippen LogP contribution in [-0.2, 0) is 0 Å². The number of rotatable bonds is 2. The molecule has 0 saturated heterocycles. The molecule has 14 heavy (non-hydrogen) atoms. The lowest BCUT2D eigenvalue weighted by molar-refractivity contribution is 0.103. The van der Waals surface area contributed by atoms with Gasteiger partial charge in [0.2, 0.25) is 0 Å². The van der Waals surface area contributed by atoms with Gasteiger partial charge >= 0.3 is 0 Å². The quantitative estimate of drug-likeness (QED) is 0.749. The van der Waals surface area contributed by atoms with Gasteiger partial charge in [0.25, 0.3) is 0 Å². The summed E-state index contributed by atoms with van der Waals surface area (Å²) in [4.78, 5) is 0. The van der Waals surface area contributed by atoms with Gasteiger partial charge in [-0.3, -0.25) is 0 Å². The summed E-state index contributed by atoms with van der Waals surface area (Å²) in [6, 6.07) is 9.99. The molecular formula is C12H17NO. The average Bonchev–Trinajstić information content (AvgIpc) is 2.65. The van der Waals surface area contributed by atoms with E-state index in [1.165, 1.54) is 0 Å². The Morgan fingerprint density at radius 1 is 1.21 bits per heavy atom. The highest BCUT2D eigenvalue weighted by molar-refractivity contribution is 5.18. The summed E-state index contributed by atoms with van der Waals surface area (Å²) in [5.41, 5.74) is 6.95. The molecule has 1 saturated carbocycles. The lowest BCUT2D eigenvalue weighted by atomic mass is 9.92. The van der Waals surface area contributed by atoms with Crippen molar-refractivity contribution in [2.75, 3.05) is 0 Å². The second-order valence-corrected chi connectivity index (χ2v) is 4.11. The molecule has 1 aromatic carbocycles. The van der Waals surface area contributed by atoms with Crippen LogP contribution in [0.1, 0.15) is 30.9 Å². The molecule has 0 bridgehead atoms. The van der Waals surface area contributed by atoms with E-state index in [0.29, 0.717) is 0 Å². The molecule has 0 aliphatic heterocycles. The van der Waals surface area contributed by atoms with Crippen LogP contribution in [0.3, 0.4) is 0 Å². The van der Waals surface area contributed by atoms with Crippen LogP contribution in [0, 0.1) is 5.92 Å². The second-order valence-electron chi connectivity index (χ2n) is 4.11. The summed E-state index contributed by atoms with van der Waals surface area (Å²) < 4.78 is 0. The Hall–Kier alpha value is -0.860. The number of aliphatic hydroxyl groups is 1. The molecule has 0 radical (unpaired) electrons. The van der Waals surface area contributed by atoms with E-state index < -0.39 is 0 Å². The Morgan fingerprint density at radius 2 is 1.93 bits per heavy atom. The molecule has 2 heteroatoms. The molecular weight excluding hydrogens is 174 g/mol. The third-order valence-corrected chi connectivity index (χ3v) is 3.17. The van der Waals surface area contributed by atoms with Crippen LogP contribution in [0.25, 0.3) is 0 Å². The first-order valence-corrected chi connectivity index (χ1v) is 5.27. The minimum absolute atomic E-state index is 0.171. The smallest absolute Gasteiger partial charge is 0.0832 e. The molecule has 1 aliphatic carbocycles. The lowest BCUT2D eigenvalue weighted by Gasteiger charge is -2.22. The normalized spacial score (nSPS) is 29.0. The number of nitrogens with two attached hydrogens (primary N) is 1. The standard InChI is InChI=1S/C12H17NO/c13-11-8-4-7-10(11)12(14)9-5-2-1-3-6-9/h1-3,5-6,10-12,14H,4,7-8,13H2/t10-,11+,12+/m1/s1. The van der Waals surface area contributed by atoms with Crippen LogP contribution in [0.15, 0.2) is 30.3 Å². The largest absolute Gasteiger partial charge is 0.388 e. The van der Waals surface area contributed by atoms with Crippen LogP contribution in [0.2, 0.25) is 0 Å². The molecule has 0 heterocycles. The summed E-state index contributed by atoms with van der Waals surface area (Å²) in [5.74, 6) is 0.248. The Morgan fingerprint density at radius 3 is 2.50 bits per heavy atom. The third-order valence-electron chi connectivity index (χ3n) is 3.17. The zero-order chi connectivity index (χ0) is 9.97. The number of benzene rings is 1. The maximum Gasteiger partial charge on any atom is 0.0832 e. The van der Waals surface area contributed by atoms with E-state index in [1.54, 1.807) is 0 Å². The van der Waals surface area contributed by atoms with Crippen LogP contribution in [0.5, 0.6) is 0 Å². The fraction of sp³-hybridized carbons (Fsp3) is 0.500. The summed E-state index contributed by atoms with van der Waals surface area (Å²) >= 11 is 0. The number of hydrogen-bond acceptors (Lipinski definition) is 2. The molecule has 3 N–H and O–H groups in total. The van der Waals surface area contributed by atoms with Crippen molar-refractivity contribution in [3.63, 3.8) is 0 Å². The number of aliphatic hydroxyl groups excluding tert-OH is 1. The molecule has 2 rings (SSSR count). The van der Waals surface area contributed by atoms with Crippen molar-refractivity contribution in [2.45, 2.75) is 31.4 Å². The van der Waals surface area contributed by atoms with Gasteiger partial charge in [0, 0.05) is 12.0 Å². The molecule has 0 amide bonds. The Bertz CT molecular complexity index is 286. The van der Waals surface area contributed by atoms with Gasteiger partial charge in [0.1, 0.15) is 0 Å². The molecule has 0 spiro atoms. The van der Waals surface area contributed by atoms with Gasteiger partial charge in [-0.1, -0.05) is 36.8 Å². The van der Waals surface area contributed by atoms with Gasteiger partial charge in [-0.05, 0) is 18.4 Å². The molecule has 76 valence electrons. The van der Waals surface area contributed by atoms with Crippen LogP contribution in [0.4, 0.5) is 0 Å². The van der Waals surface area contributed by atoms with Crippen LogP contribution < -0.4 is 5.73 Å². The second kappa shape index (κ2) is 4.11. The van der Waals surface area contributed by atoms with E-state index in [2.05, 4.69) is 0 Å². The maximum absolute atomic E-state index is 10.1. The van der Waals surface area contributed by atoms with Gasteiger partial charge < -0.3 is 10.8 Å². The van der Waals surface area contributed by atoms with Crippen molar-refractivity contribution >= 4 is 0 Å². The maximum atomic E-state index is 10.1. The molecule has 2 nitrogen and oxygen atoms in total. The third kappa shape index (κ3) is 1.81. The van der Waals surface area contributed by atoms with Gasteiger partial charge in [0.05, 0.1) is 6.10 Å². The van der Waals surface area contributed by atoms with Gasteiger partial charge in [-0.15, -0.1) is 0 Å². The minimum atomic E-state index is -0.381. The van der Waals surface area contributed by atoms with Crippen molar-refractivity contribution in [2.24, 2.45) is 11.7 Å². The Balaban J connectivity index is 2.12. The first-order valence-electron chi connectivity index (χ1n) is 5.27. The highest BCUT2D eigenvalue weighted by Gasteiger charge is 2.30. The van der Waals surface area contributed by atoms with Crippen molar-refractivity contribution in [3.8, 4) is 0 Å². The van der Waals surface area contributed by atoms with E-state index in [4.69, 9.17) is 5.73 Å². The van der Waals surface area contributed by atoms with Crippen molar-refractivity contribution < 1.29 is 5.11 Å². The molecule has 1 aliphatic rings. The van der Waals surface area contributed by atoms with Gasteiger partial charge in [0.15, 0.2) is 0 Å². The van der Waals surface area contributed by atoms with E-state index in [9.17, 15) is 5.11 Å². The fourth-order valence-electron chi connectivity index (χ4n) is 2.31. The van der Waals surface area contributed by atoms with E-state index in [1.807, 2.05) is 30.3 Å². The van der Waals surface area contributed by atoms with Crippen LogP contribution in [-0.4, -0.2) is 11.1 Å². The first-order chi connectivity index (χ1) is 6.79. The molecule has 0 unspecified atom stereocenters. The summed E-state index contributed by atoms with van der Waals surface area (Å²) in [5, 5.41) is 10.1. The lowest BCUT2D eigenvalue weighted by Crippen LogP contribution is -2.29. The molecule has 0 aromatic heterocycles. The van der Waals surface area contributed by atoms with Gasteiger partial charge in [-0.25, -0.2) is 0 Å². The zero-order valence-electron chi connectivity index (χ0n) is 8.26. The Labute approximate surface area is 84.7 Å². The van der Waals surface area contributed by atoms with Crippen molar-refractivity contribution in [3.05, 3.63) is 35.9 Å². The molecule has 1 fully saturated rings. The molecule has 1 aromatic rings. The SMILES string of the molecule is N[C@H]1CCC[C@H]1[C@@H](O)c1ccccc1. The highest BCUT2D eigenvalue weighted by atomic mass is 16.3. The number of hydrogen-bond donors (Lipinski definition) is 2. The van der Waals surface area contributed by atoms with Crippen molar-refractivity contribution in [1.29, 1.82) is 0 Å². The molecule has 3 atom stereocenters. The first kappa shape index (κ1) is 9.69. The topological polar surface area (TPSA) is 46.2 Å². The van der Waals surface area contributed by atoms with E-state index in [-0.39, 0.29) is 18.1 Å². The monoisotopic (exact) mass is 191 g/mol. The summed E-state index contributed by atoms with van der Waals surface area (Å²) in [7, 11) is 0. The van der Waals surface area contributed by atoms with E-state index in [0.717, 1.165) is 24.8 Å². The average molecular weight is 191 g/mol. The van der Waals surface area contributed by atoms with Crippen molar-refractivity contribution in [1.82, 2.24) is 0 Å². The summed E-state index contributed by atoms with van der Waals surface area (Å²) in [6.07, 6.45) is 2.87. The minimum Gasteiger partial charge on any atom is -0.388 e. The van der Waals surface area contributed by atoms with E-state index >= 15 is 0 Å². The summed E-state index contributed by atoms with van der Waals surface area (Å²) in [6.45, 7) is 0. The Kier molecular flexibility index (Phi) is 2.85. The zero-order valence-corrected chi connectivity index (χ0v) is 8.26. The van der Waals surface area contributed by atoms with Crippen LogP contribution >= 0.6 is 0 Å². The van der Waals surface area contributed by atoms with Gasteiger partial charge in [-0.2, -0.15) is 0 Å². The predicted molar refractivity (Wildman–Crippen MR) is 56.7 cm³/mol. The fourth-order valence-corrected chi connectivity index (χ4v) is 2.31. The predicted octanol–water partition coefficient (Wildman–Crippen LogP) is 1.85. The highest BCUT2D eigenvalue weighted by Crippen LogP contribution is 2.34.